The van der Waals surface area contributed by atoms with Crippen molar-refractivity contribution in [2.45, 2.75) is 51.3 Å². The van der Waals surface area contributed by atoms with Crippen LogP contribution in [0.1, 0.15) is 42.5 Å². The predicted octanol–water partition coefficient (Wildman–Crippen LogP) is 6.00. The molecule has 27 heavy (non-hydrogen) atoms. The summed E-state index contributed by atoms with van der Waals surface area (Å²) in [6.45, 7) is 8.97. The largest absolute Gasteiger partial charge is 0.481 e. The molecule has 2 aromatic carbocycles. The Morgan fingerprint density at radius 1 is 1.07 bits per heavy atom. The van der Waals surface area contributed by atoms with Gasteiger partial charge < -0.3 is 9.30 Å². The van der Waals surface area contributed by atoms with E-state index in [1.165, 1.54) is 11.1 Å². The number of rotatable bonds is 7. The summed E-state index contributed by atoms with van der Waals surface area (Å²) < 4.78 is 8.18. The third kappa shape index (κ3) is 4.85. The smallest absolute Gasteiger partial charge is 0.191 e. The molecular weight excluding hydrogens is 378 g/mol. The van der Waals surface area contributed by atoms with Crippen molar-refractivity contribution in [3.8, 4) is 5.75 Å². The third-order valence-corrected chi connectivity index (χ3v) is 5.65. The molecule has 0 saturated carbocycles. The van der Waals surface area contributed by atoms with Gasteiger partial charge in [0.25, 0.3) is 0 Å². The van der Waals surface area contributed by atoms with Gasteiger partial charge in [0.15, 0.2) is 17.1 Å². The molecule has 0 spiro atoms. The summed E-state index contributed by atoms with van der Waals surface area (Å²) in [5, 5.41) is 10.3. The Labute approximate surface area is 169 Å². The number of hydrogen-bond donors (Lipinski definition) is 0. The topological polar surface area (TPSA) is 39.9 Å². The van der Waals surface area contributed by atoms with Crippen LogP contribution in [0.5, 0.6) is 5.75 Å². The summed E-state index contributed by atoms with van der Waals surface area (Å²) in [7, 11) is 0. The van der Waals surface area contributed by atoms with Crippen LogP contribution in [0, 0.1) is 13.8 Å². The Balaban J connectivity index is 1.74. The van der Waals surface area contributed by atoms with Crippen LogP contribution in [0.2, 0.25) is 5.02 Å². The molecule has 0 N–H and O–H groups in total. The van der Waals surface area contributed by atoms with E-state index in [1.807, 2.05) is 32.0 Å². The monoisotopic (exact) mass is 401 g/mol. The molecule has 3 rings (SSSR count). The van der Waals surface area contributed by atoms with Gasteiger partial charge in [-0.15, -0.1) is 10.2 Å². The normalized spacial score (nSPS) is 12.2. The summed E-state index contributed by atoms with van der Waals surface area (Å²) in [4.78, 5) is 0. The Kier molecular flexibility index (Phi) is 6.45. The summed E-state index contributed by atoms with van der Waals surface area (Å²) in [6, 6.07) is 14.3. The fourth-order valence-electron chi connectivity index (χ4n) is 2.78. The first kappa shape index (κ1) is 19.8. The van der Waals surface area contributed by atoms with Crippen LogP contribution < -0.4 is 4.74 Å². The SMILES string of the molecule is CCn1c(SCc2ccc(C)cc2)nnc1C(C)Oc1cc(C)ccc1Cl. The predicted molar refractivity (Wildman–Crippen MR) is 112 cm³/mol. The van der Waals surface area contributed by atoms with E-state index in [0.717, 1.165) is 28.8 Å². The average Bonchev–Trinajstić information content (AvgIpc) is 3.07. The maximum Gasteiger partial charge on any atom is 0.191 e. The van der Waals surface area contributed by atoms with E-state index >= 15 is 0 Å². The van der Waals surface area contributed by atoms with Gasteiger partial charge in [-0.1, -0.05) is 59.3 Å². The number of ether oxygens (including phenoxy) is 1. The quantitative estimate of drug-likeness (QED) is 0.455. The van der Waals surface area contributed by atoms with Gasteiger partial charge in [-0.3, -0.25) is 0 Å². The lowest BCUT2D eigenvalue weighted by Crippen LogP contribution is -2.12. The van der Waals surface area contributed by atoms with E-state index in [4.69, 9.17) is 16.3 Å². The molecule has 3 aromatic rings. The van der Waals surface area contributed by atoms with Crippen LogP contribution in [0.4, 0.5) is 0 Å². The molecule has 0 aliphatic carbocycles. The highest BCUT2D eigenvalue weighted by Gasteiger charge is 2.19. The maximum absolute atomic E-state index is 6.26. The first-order valence-electron chi connectivity index (χ1n) is 9.02. The minimum atomic E-state index is -0.245. The fraction of sp³-hybridized carbons (Fsp3) is 0.333. The van der Waals surface area contributed by atoms with Crippen LogP contribution in [0.25, 0.3) is 0 Å². The van der Waals surface area contributed by atoms with Crippen LogP contribution in [-0.4, -0.2) is 14.8 Å². The second-order valence-corrected chi connectivity index (χ2v) is 7.90. The molecule has 1 aromatic heterocycles. The molecule has 0 radical (unpaired) electrons. The molecule has 0 aliphatic heterocycles. The average molecular weight is 402 g/mol. The van der Waals surface area contributed by atoms with Crippen molar-refractivity contribution in [1.29, 1.82) is 0 Å². The molecule has 1 atom stereocenters. The third-order valence-electron chi connectivity index (χ3n) is 4.30. The van der Waals surface area contributed by atoms with Gasteiger partial charge in [0.2, 0.25) is 0 Å². The van der Waals surface area contributed by atoms with Crippen LogP contribution >= 0.6 is 23.4 Å². The van der Waals surface area contributed by atoms with Crippen molar-refractivity contribution < 1.29 is 4.74 Å². The van der Waals surface area contributed by atoms with Gasteiger partial charge >= 0.3 is 0 Å². The van der Waals surface area contributed by atoms with Gasteiger partial charge in [0.05, 0.1) is 5.02 Å². The van der Waals surface area contributed by atoms with E-state index in [9.17, 15) is 0 Å². The van der Waals surface area contributed by atoms with E-state index in [-0.39, 0.29) is 6.10 Å². The Morgan fingerprint density at radius 2 is 1.78 bits per heavy atom. The van der Waals surface area contributed by atoms with Crippen molar-refractivity contribution in [1.82, 2.24) is 14.8 Å². The summed E-state index contributed by atoms with van der Waals surface area (Å²) in [5.74, 6) is 2.34. The van der Waals surface area contributed by atoms with E-state index in [0.29, 0.717) is 10.8 Å². The highest BCUT2D eigenvalue weighted by atomic mass is 35.5. The lowest BCUT2D eigenvalue weighted by atomic mass is 10.2. The number of nitrogens with zero attached hydrogens (tertiary/aromatic N) is 3. The van der Waals surface area contributed by atoms with Crippen molar-refractivity contribution in [3.63, 3.8) is 0 Å². The second-order valence-electron chi connectivity index (χ2n) is 6.55. The highest BCUT2D eigenvalue weighted by Crippen LogP contribution is 2.31. The van der Waals surface area contributed by atoms with Crippen molar-refractivity contribution in [2.75, 3.05) is 0 Å². The molecule has 0 saturated heterocycles. The molecule has 1 heterocycles. The number of benzene rings is 2. The minimum Gasteiger partial charge on any atom is -0.481 e. The number of thioether (sulfide) groups is 1. The Hall–Kier alpha value is -1.98. The van der Waals surface area contributed by atoms with Gasteiger partial charge in [-0.2, -0.15) is 0 Å². The summed E-state index contributed by atoms with van der Waals surface area (Å²) in [6.07, 6.45) is -0.245. The Bertz CT molecular complexity index is 908. The number of aromatic nitrogens is 3. The molecule has 1 unspecified atom stereocenters. The van der Waals surface area contributed by atoms with Gasteiger partial charge in [-0.05, 0) is 51.0 Å². The number of aryl methyl sites for hydroxylation is 2. The molecule has 0 bridgehead atoms. The zero-order valence-electron chi connectivity index (χ0n) is 16.1. The zero-order valence-corrected chi connectivity index (χ0v) is 17.6. The van der Waals surface area contributed by atoms with E-state index < -0.39 is 0 Å². The number of hydrogen-bond acceptors (Lipinski definition) is 4. The number of halogens is 1. The summed E-state index contributed by atoms with van der Waals surface area (Å²) in [5.41, 5.74) is 3.64. The minimum absolute atomic E-state index is 0.245. The van der Waals surface area contributed by atoms with Gasteiger partial charge in [0.1, 0.15) is 5.75 Å². The lowest BCUT2D eigenvalue weighted by molar-refractivity contribution is 0.210. The maximum atomic E-state index is 6.26. The second kappa shape index (κ2) is 8.81. The molecule has 0 amide bonds. The van der Waals surface area contributed by atoms with Crippen molar-refractivity contribution in [2.24, 2.45) is 0 Å². The zero-order chi connectivity index (χ0) is 19.4. The van der Waals surface area contributed by atoms with Crippen LogP contribution in [-0.2, 0) is 12.3 Å². The van der Waals surface area contributed by atoms with E-state index in [1.54, 1.807) is 11.8 Å². The van der Waals surface area contributed by atoms with Crippen molar-refractivity contribution >= 4 is 23.4 Å². The molecule has 0 aliphatic rings. The molecule has 4 nitrogen and oxygen atoms in total. The molecule has 142 valence electrons. The van der Waals surface area contributed by atoms with Gasteiger partial charge in [0, 0.05) is 12.3 Å². The fourth-order valence-corrected chi connectivity index (χ4v) is 3.91. The van der Waals surface area contributed by atoms with Crippen LogP contribution in [0.3, 0.4) is 0 Å². The van der Waals surface area contributed by atoms with Gasteiger partial charge in [-0.25, -0.2) is 0 Å². The Morgan fingerprint density at radius 3 is 2.48 bits per heavy atom. The van der Waals surface area contributed by atoms with E-state index in [2.05, 4.69) is 52.9 Å². The first-order chi connectivity index (χ1) is 13.0. The lowest BCUT2D eigenvalue weighted by Gasteiger charge is -2.17. The summed E-state index contributed by atoms with van der Waals surface area (Å²) >= 11 is 7.95. The highest BCUT2D eigenvalue weighted by molar-refractivity contribution is 7.98. The van der Waals surface area contributed by atoms with Crippen molar-refractivity contribution in [3.05, 3.63) is 70.0 Å². The molecular formula is C21H24ClN3OS. The standard InChI is InChI=1S/C21H24ClN3OS/c1-5-25-20(16(4)26-19-12-15(3)8-11-18(19)22)23-24-21(25)27-13-17-9-6-14(2)7-10-17/h6-12,16H,5,13H2,1-4H3. The molecule has 6 heteroatoms. The first-order valence-corrected chi connectivity index (χ1v) is 10.4. The van der Waals surface area contributed by atoms with Crippen LogP contribution in [0.15, 0.2) is 47.6 Å². The molecule has 0 fully saturated rings.